The number of hydrogen-bond acceptors (Lipinski definition) is 4. The molecule has 2 atom stereocenters. The summed E-state index contributed by atoms with van der Waals surface area (Å²) in [6.07, 6.45) is 7.44. The van der Waals surface area contributed by atoms with E-state index in [1.165, 1.54) is 24.2 Å². The second-order valence-corrected chi connectivity index (χ2v) is 6.24. The molecule has 0 aliphatic carbocycles. The van der Waals surface area contributed by atoms with Crippen LogP contribution in [0.4, 0.5) is 0 Å². The zero-order valence-corrected chi connectivity index (χ0v) is 12.7. The third kappa shape index (κ3) is 4.11. The van der Waals surface area contributed by atoms with Crippen LogP contribution < -0.4 is 10.1 Å². The molecule has 106 valence electrons. The Morgan fingerprint density at radius 1 is 1.47 bits per heavy atom. The minimum Gasteiger partial charge on any atom is -0.492 e. The van der Waals surface area contributed by atoms with Crippen molar-refractivity contribution >= 4 is 11.8 Å². The number of pyridine rings is 1. The third-order valence-corrected chi connectivity index (χ3v) is 4.79. The van der Waals surface area contributed by atoms with Gasteiger partial charge in [-0.05, 0) is 43.2 Å². The molecule has 2 rings (SSSR count). The van der Waals surface area contributed by atoms with Crippen LogP contribution in [-0.2, 0) is 0 Å². The lowest BCUT2D eigenvalue weighted by Gasteiger charge is -2.24. The van der Waals surface area contributed by atoms with Gasteiger partial charge >= 0.3 is 0 Å². The molecule has 1 aliphatic heterocycles. The van der Waals surface area contributed by atoms with E-state index in [-0.39, 0.29) is 0 Å². The molecule has 0 amide bonds. The lowest BCUT2D eigenvalue weighted by atomic mass is 10.0. The standard InChI is InChI=1S/C15H24N2OS/c1-3-7-18-13-9-12(10-16-11-13)15(17-4-2)14-6-5-8-19-14/h9-11,14-15,17H,3-8H2,1-2H3. The van der Waals surface area contributed by atoms with E-state index in [2.05, 4.69) is 42.0 Å². The smallest absolute Gasteiger partial charge is 0.137 e. The van der Waals surface area contributed by atoms with Gasteiger partial charge < -0.3 is 10.1 Å². The maximum absolute atomic E-state index is 5.69. The Kier molecular flexibility index (Phi) is 5.98. The first-order valence-corrected chi connectivity index (χ1v) is 8.32. The first kappa shape index (κ1) is 14.7. The molecule has 0 bridgehead atoms. The summed E-state index contributed by atoms with van der Waals surface area (Å²) >= 11 is 2.08. The van der Waals surface area contributed by atoms with Crippen molar-refractivity contribution in [2.24, 2.45) is 0 Å². The highest BCUT2D eigenvalue weighted by molar-refractivity contribution is 8.00. The van der Waals surface area contributed by atoms with Gasteiger partial charge in [-0.3, -0.25) is 4.98 Å². The van der Waals surface area contributed by atoms with Crippen LogP contribution in [0.3, 0.4) is 0 Å². The summed E-state index contributed by atoms with van der Waals surface area (Å²) in [6.45, 7) is 6.03. The van der Waals surface area contributed by atoms with Crippen molar-refractivity contribution < 1.29 is 4.74 Å². The predicted octanol–water partition coefficient (Wildman–Crippen LogP) is 3.42. The average molecular weight is 280 g/mol. The van der Waals surface area contributed by atoms with Gasteiger partial charge in [-0.15, -0.1) is 0 Å². The van der Waals surface area contributed by atoms with Gasteiger partial charge in [0.05, 0.1) is 12.8 Å². The van der Waals surface area contributed by atoms with E-state index < -0.39 is 0 Å². The highest BCUT2D eigenvalue weighted by atomic mass is 32.2. The molecule has 1 aliphatic rings. The number of nitrogens with one attached hydrogen (secondary N) is 1. The summed E-state index contributed by atoms with van der Waals surface area (Å²) in [4.78, 5) is 4.34. The molecule has 3 nitrogen and oxygen atoms in total. The molecule has 2 heterocycles. The lowest BCUT2D eigenvalue weighted by Crippen LogP contribution is -2.29. The normalized spacial score (nSPS) is 20.4. The van der Waals surface area contributed by atoms with Crippen LogP contribution in [0.5, 0.6) is 5.75 Å². The summed E-state index contributed by atoms with van der Waals surface area (Å²) < 4.78 is 5.69. The Morgan fingerprint density at radius 2 is 2.37 bits per heavy atom. The van der Waals surface area contributed by atoms with Crippen molar-refractivity contribution in [3.8, 4) is 5.75 Å². The first-order chi connectivity index (χ1) is 9.35. The van der Waals surface area contributed by atoms with Crippen LogP contribution >= 0.6 is 11.8 Å². The van der Waals surface area contributed by atoms with Crippen LogP contribution in [0.2, 0.25) is 0 Å². The average Bonchev–Trinajstić information content (AvgIpc) is 2.96. The maximum Gasteiger partial charge on any atom is 0.137 e. The minimum atomic E-state index is 0.398. The first-order valence-electron chi connectivity index (χ1n) is 7.27. The van der Waals surface area contributed by atoms with E-state index in [0.29, 0.717) is 11.3 Å². The highest BCUT2D eigenvalue weighted by Crippen LogP contribution is 2.36. The number of rotatable bonds is 7. The summed E-state index contributed by atoms with van der Waals surface area (Å²) in [5.41, 5.74) is 1.26. The second-order valence-electron chi connectivity index (χ2n) is 4.89. The molecule has 1 aromatic heterocycles. The largest absolute Gasteiger partial charge is 0.492 e. The van der Waals surface area contributed by atoms with Gasteiger partial charge in [0.1, 0.15) is 5.75 Å². The van der Waals surface area contributed by atoms with Crippen LogP contribution in [-0.4, -0.2) is 29.1 Å². The number of thioether (sulfide) groups is 1. The van der Waals surface area contributed by atoms with E-state index in [1.54, 1.807) is 0 Å². The fourth-order valence-corrected chi connectivity index (χ4v) is 3.87. The van der Waals surface area contributed by atoms with Gasteiger partial charge in [-0.25, -0.2) is 0 Å². The number of nitrogens with zero attached hydrogens (tertiary/aromatic N) is 1. The van der Waals surface area contributed by atoms with E-state index in [4.69, 9.17) is 4.74 Å². The molecule has 0 radical (unpaired) electrons. The molecule has 0 spiro atoms. The number of aromatic nitrogens is 1. The number of hydrogen-bond donors (Lipinski definition) is 1. The van der Waals surface area contributed by atoms with Crippen molar-refractivity contribution in [2.75, 3.05) is 18.9 Å². The van der Waals surface area contributed by atoms with Crippen LogP contribution in [0.25, 0.3) is 0 Å². The Labute approximate surface area is 120 Å². The fourth-order valence-electron chi connectivity index (χ4n) is 2.45. The van der Waals surface area contributed by atoms with Crippen molar-refractivity contribution in [3.05, 3.63) is 24.0 Å². The van der Waals surface area contributed by atoms with Gasteiger partial charge in [-0.2, -0.15) is 11.8 Å². The van der Waals surface area contributed by atoms with Crippen LogP contribution in [0, 0.1) is 0 Å². The van der Waals surface area contributed by atoms with E-state index in [1.807, 2.05) is 12.4 Å². The Morgan fingerprint density at radius 3 is 3.05 bits per heavy atom. The Hall–Kier alpha value is -0.740. The van der Waals surface area contributed by atoms with Gasteiger partial charge in [0, 0.05) is 17.5 Å². The zero-order valence-electron chi connectivity index (χ0n) is 11.9. The SMILES string of the molecule is CCCOc1cncc(C(NCC)C2CCCS2)c1. The van der Waals surface area contributed by atoms with E-state index in [9.17, 15) is 0 Å². The van der Waals surface area contributed by atoms with Crippen molar-refractivity contribution in [1.29, 1.82) is 0 Å². The van der Waals surface area contributed by atoms with Gasteiger partial charge in [-0.1, -0.05) is 13.8 Å². The number of ether oxygens (including phenoxy) is 1. The Bertz CT molecular complexity index is 380. The molecular weight excluding hydrogens is 256 g/mol. The molecule has 1 aromatic rings. The molecule has 19 heavy (non-hydrogen) atoms. The molecule has 2 unspecified atom stereocenters. The predicted molar refractivity (Wildman–Crippen MR) is 81.9 cm³/mol. The molecule has 4 heteroatoms. The molecule has 1 N–H and O–H groups in total. The Balaban J connectivity index is 2.11. The molecular formula is C15H24N2OS. The summed E-state index contributed by atoms with van der Waals surface area (Å²) in [5.74, 6) is 2.18. The monoisotopic (exact) mass is 280 g/mol. The van der Waals surface area contributed by atoms with Crippen LogP contribution in [0.1, 0.15) is 44.7 Å². The van der Waals surface area contributed by atoms with E-state index in [0.717, 1.165) is 25.3 Å². The quantitative estimate of drug-likeness (QED) is 0.830. The minimum absolute atomic E-state index is 0.398. The molecule has 0 saturated carbocycles. The van der Waals surface area contributed by atoms with Crippen molar-refractivity contribution in [3.63, 3.8) is 0 Å². The van der Waals surface area contributed by atoms with Crippen LogP contribution in [0.15, 0.2) is 18.5 Å². The second kappa shape index (κ2) is 7.75. The molecule has 1 fully saturated rings. The van der Waals surface area contributed by atoms with E-state index >= 15 is 0 Å². The maximum atomic E-state index is 5.69. The fraction of sp³-hybridized carbons (Fsp3) is 0.667. The van der Waals surface area contributed by atoms with Gasteiger partial charge in [0.15, 0.2) is 0 Å². The highest BCUT2D eigenvalue weighted by Gasteiger charge is 2.26. The van der Waals surface area contributed by atoms with Crippen molar-refractivity contribution in [1.82, 2.24) is 10.3 Å². The summed E-state index contributed by atoms with van der Waals surface area (Å²) in [5, 5.41) is 4.28. The summed E-state index contributed by atoms with van der Waals surface area (Å²) in [7, 11) is 0. The molecule has 1 saturated heterocycles. The van der Waals surface area contributed by atoms with Gasteiger partial charge in [0.25, 0.3) is 0 Å². The lowest BCUT2D eigenvalue weighted by molar-refractivity contribution is 0.315. The third-order valence-electron chi connectivity index (χ3n) is 3.33. The zero-order chi connectivity index (χ0) is 13.5. The molecule has 0 aromatic carbocycles. The topological polar surface area (TPSA) is 34.1 Å². The van der Waals surface area contributed by atoms with Gasteiger partial charge in [0.2, 0.25) is 0 Å². The van der Waals surface area contributed by atoms with Crippen molar-refractivity contribution in [2.45, 2.75) is 44.4 Å². The summed E-state index contributed by atoms with van der Waals surface area (Å²) in [6, 6.07) is 2.55.